The third-order valence-electron chi connectivity index (χ3n) is 2.98. The van der Waals surface area contributed by atoms with Crippen molar-refractivity contribution in [3.8, 4) is 11.8 Å². The molecule has 1 heterocycles. The van der Waals surface area contributed by atoms with Gasteiger partial charge >= 0.3 is 0 Å². The second kappa shape index (κ2) is 6.27. The molecule has 1 aliphatic rings. The second-order valence-electron chi connectivity index (χ2n) is 4.33. The van der Waals surface area contributed by atoms with E-state index in [9.17, 15) is 0 Å². The van der Waals surface area contributed by atoms with E-state index in [1.807, 2.05) is 0 Å². The van der Waals surface area contributed by atoms with Crippen LogP contribution in [0.5, 0.6) is 5.75 Å². The number of hydrogen-bond donors (Lipinski definition) is 1. The molecule has 1 aliphatic heterocycles. The number of ether oxygens (including phenoxy) is 1. The van der Waals surface area contributed by atoms with Gasteiger partial charge in [0.25, 0.3) is 0 Å². The fourth-order valence-electron chi connectivity index (χ4n) is 2.04. The summed E-state index contributed by atoms with van der Waals surface area (Å²) in [5, 5.41) is 11.8. The third kappa shape index (κ3) is 3.47. The lowest BCUT2D eigenvalue weighted by Gasteiger charge is -2.06. The Morgan fingerprint density at radius 1 is 1.35 bits per heavy atom. The van der Waals surface area contributed by atoms with Crippen molar-refractivity contribution in [2.45, 2.75) is 32.2 Å². The molecule has 0 bridgehead atoms. The van der Waals surface area contributed by atoms with Crippen LogP contribution in [-0.2, 0) is 13.0 Å². The van der Waals surface area contributed by atoms with Crippen LogP contribution in [0.3, 0.4) is 0 Å². The van der Waals surface area contributed by atoms with Crippen LogP contribution in [-0.4, -0.2) is 13.2 Å². The minimum atomic E-state index is 0.665. The van der Waals surface area contributed by atoms with Crippen molar-refractivity contribution in [3.63, 3.8) is 0 Å². The number of fused-ring (bicyclic) bond motifs is 1. The van der Waals surface area contributed by atoms with E-state index in [1.165, 1.54) is 11.1 Å². The predicted molar refractivity (Wildman–Crippen MR) is 66.8 cm³/mol. The Morgan fingerprint density at radius 3 is 3.18 bits per heavy atom. The number of nitriles is 1. The summed E-state index contributed by atoms with van der Waals surface area (Å²) in [6.07, 6.45) is 3.76. The lowest BCUT2D eigenvalue weighted by Crippen LogP contribution is -2.14. The van der Waals surface area contributed by atoms with E-state index in [4.69, 9.17) is 10.00 Å². The van der Waals surface area contributed by atoms with E-state index in [2.05, 4.69) is 29.6 Å². The third-order valence-corrected chi connectivity index (χ3v) is 2.98. The first-order valence-electron chi connectivity index (χ1n) is 6.22. The van der Waals surface area contributed by atoms with Crippen LogP contribution in [0.25, 0.3) is 0 Å². The maximum absolute atomic E-state index is 8.41. The highest BCUT2D eigenvalue weighted by Crippen LogP contribution is 2.25. The van der Waals surface area contributed by atoms with Crippen molar-refractivity contribution < 1.29 is 4.74 Å². The first-order valence-corrected chi connectivity index (χ1v) is 6.22. The first kappa shape index (κ1) is 11.9. The molecule has 17 heavy (non-hydrogen) atoms. The molecule has 1 aromatic carbocycles. The molecule has 1 N–H and O–H groups in total. The molecule has 2 rings (SSSR count). The number of unbranched alkanes of at least 4 members (excludes halogenated alkanes) is 2. The van der Waals surface area contributed by atoms with E-state index in [0.29, 0.717) is 6.42 Å². The summed E-state index contributed by atoms with van der Waals surface area (Å²) < 4.78 is 5.47. The zero-order chi connectivity index (χ0) is 11.9. The summed E-state index contributed by atoms with van der Waals surface area (Å²) in [6, 6.07) is 8.57. The fraction of sp³-hybridized carbons (Fsp3) is 0.500. The molecule has 1 aromatic rings. The molecule has 0 atom stereocenters. The summed E-state index contributed by atoms with van der Waals surface area (Å²) >= 11 is 0. The van der Waals surface area contributed by atoms with E-state index in [-0.39, 0.29) is 0 Å². The highest BCUT2D eigenvalue weighted by molar-refractivity contribution is 5.39. The molecular formula is C14H18N2O. The number of nitrogens with one attached hydrogen (secondary N) is 1. The van der Waals surface area contributed by atoms with E-state index in [1.54, 1.807) is 0 Å². The lowest BCUT2D eigenvalue weighted by molar-refractivity contribution is 0.357. The normalized spacial score (nSPS) is 12.9. The van der Waals surface area contributed by atoms with Gasteiger partial charge in [0.05, 0.1) is 12.7 Å². The number of nitrogens with zero attached hydrogens (tertiary/aromatic N) is 1. The summed E-state index contributed by atoms with van der Waals surface area (Å²) in [5.74, 6) is 1.04. The molecule has 0 fully saturated rings. The molecule has 0 saturated carbocycles. The Bertz CT molecular complexity index is 409. The zero-order valence-electron chi connectivity index (χ0n) is 10.0. The van der Waals surface area contributed by atoms with Crippen LogP contribution >= 0.6 is 0 Å². The quantitative estimate of drug-likeness (QED) is 0.763. The monoisotopic (exact) mass is 230 g/mol. The average molecular weight is 230 g/mol. The SMILES string of the molecule is N#CCCCCNCc1ccc2c(c1)CCO2. The van der Waals surface area contributed by atoms with Gasteiger partial charge < -0.3 is 10.1 Å². The molecule has 0 spiro atoms. The van der Waals surface area contributed by atoms with Crippen LogP contribution < -0.4 is 10.1 Å². The maximum atomic E-state index is 8.41. The Hall–Kier alpha value is -1.53. The van der Waals surface area contributed by atoms with Gasteiger partial charge in [-0.25, -0.2) is 0 Å². The van der Waals surface area contributed by atoms with Gasteiger partial charge in [0.2, 0.25) is 0 Å². The highest BCUT2D eigenvalue weighted by Gasteiger charge is 2.11. The second-order valence-corrected chi connectivity index (χ2v) is 4.33. The van der Waals surface area contributed by atoms with Gasteiger partial charge in [0.1, 0.15) is 5.75 Å². The Kier molecular flexibility index (Phi) is 4.40. The van der Waals surface area contributed by atoms with Crippen molar-refractivity contribution >= 4 is 0 Å². The van der Waals surface area contributed by atoms with Crippen molar-refractivity contribution in [1.29, 1.82) is 5.26 Å². The first-order chi connectivity index (χ1) is 8.40. The number of rotatable bonds is 6. The molecule has 0 radical (unpaired) electrons. The van der Waals surface area contributed by atoms with Crippen LogP contribution in [0.2, 0.25) is 0 Å². The van der Waals surface area contributed by atoms with Crippen LogP contribution in [0.4, 0.5) is 0 Å². The van der Waals surface area contributed by atoms with E-state index >= 15 is 0 Å². The molecule has 0 unspecified atom stereocenters. The van der Waals surface area contributed by atoms with Gasteiger partial charge in [0, 0.05) is 19.4 Å². The molecule has 3 heteroatoms. The van der Waals surface area contributed by atoms with E-state index in [0.717, 1.165) is 44.7 Å². The summed E-state index contributed by atoms with van der Waals surface area (Å²) in [7, 11) is 0. The topological polar surface area (TPSA) is 45.0 Å². The Morgan fingerprint density at radius 2 is 2.29 bits per heavy atom. The zero-order valence-corrected chi connectivity index (χ0v) is 10.0. The lowest BCUT2D eigenvalue weighted by atomic mass is 10.1. The highest BCUT2D eigenvalue weighted by atomic mass is 16.5. The minimum absolute atomic E-state index is 0.665. The van der Waals surface area contributed by atoms with Gasteiger partial charge in [-0.1, -0.05) is 12.1 Å². The molecule has 0 saturated heterocycles. The smallest absolute Gasteiger partial charge is 0.122 e. The van der Waals surface area contributed by atoms with Crippen molar-refractivity contribution in [1.82, 2.24) is 5.32 Å². The summed E-state index contributed by atoms with van der Waals surface area (Å²) in [4.78, 5) is 0. The van der Waals surface area contributed by atoms with Crippen molar-refractivity contribution in [3.05, 3.63) is 29.3 Å². The van der Waals surface area contributed by atoms with Crippen LogP contribution in [0.15, 0.2) is 18.2 Å². The molecule has 0 aromatic heterocycles. The van der Waals surface area contributed by atoms with Gasteiger partial charge in [-0.05, 0) is 36.6 Å². The van der Waals surface area contributed by atoms with Crippen molar-refractivity contribution in [2.75, 3.05) is 13.2 Å². The maximum Gasteiger partial charge on any atom is 0.122 e. The number of benzene rings is 1. The summed E-state index contributed by atoms with van der Waals surface area (Å²) in [5.41, 5.74) is 2.64. The molecular weight excluding hydrogens is 212 g/mol. The molecule has 90 valence electrons. The van der Waals surface area contributed by atoms with Gasteiger partial charge in [0.15, 0.2) is 0 Å². The van der Waals surface area contributed by atoms with Crippen molar-refractivity contribution in [2.24, 2.45) is 0 Å². The van der Waals surface area contributed by atoms with Crippen LogP contribution in [0.1, 0.15) is 30.4 Å². The molecule has 0 amide bonds. The number of hydrogen-bond acceptors (Lipinski definition) is 3. The predicted octanol–water partition coefficient (Wildman–Crippen LogP) is 2.40. The Labute approximate surface area is 102 Å². The summed E-state index contributed by atoms with van der Waals surface area (Å²) in [6.45, 7) is 2.70. The van der Waals surface area contributed by atoms with E-state index < -0.39 is 0 Å². The largest absolute Gasteiger partial charge is 0.493 e. The molecule has 0 aliphatic carbocycles. The Balaban J connectivity index is 1.71. The van der Waals surface area contributed by atoms with Gasteiger partial charge in [-0.2, -0.15) is 5.26 Å². The average Bonchev–Trinajstić information content (AvgIpc) is 2.81. The fourth-order valence-corrected chi connectivity index (χ4v) is 2.04. The standard InChI is InChI=1S/C14H18N2O/c15-7-2-1-3-8-16-11-12-4-5-14-13(10-12)6-9-17-14/h4-5,10,16H,1-3,6,8-9,11H2. The minimum Gasteiger partial charge on any atom is -0.493 e. The van der Waals surface area contributed by atoms with Gasteiger partial charge in [-0.15, -0.1) is 0 Å². The molecule has 3 nitrogen and oxygen atoms in total. The van der Waals surface area contributed by atoms with Gasteiger partial charge in [-0.3, -0.25) is 0 Å². The van der Waals surface area contributed by atoms with Crippen LogP contribution in [0, 0.1) is 11.3 Å².